The molecule has 0 saturated carbocycles. The average Bonchev–Trinajstić information content (AvgIpc) is 3.50. The van der Waals surface area contributed by atoms with Crippen LogP contribution in [0.15, 0.2) is 128 Å². The van der Waals surface area contributed by atoms with Crippen molar-refractivity contribution in [3.63, 3.8) is 0 Å². The second-order valence-electron chi connectivity index (χ2n) is 9.41. The van der Waals surface area contributed by atoms with Crippen LogP contribution in [0.5, 0.6) is 0 Å². The number of fused-ring (bicyclic) bond motifs is 6. The van der Waals surface area contributed by atoms with Gasteiger partial charge in [0.25, 0.3) is 0 Å². The molecule has 5 nitrogen and oxygen atoms in total. The van der Waals surface area contributed by atoms with E-state index in [0.29, 0.717) is 0 Å². The second-order valence-corrected chi connectivity index (χ2v) is 9.41. The minimum atomic E-state index is 0.759. The fourth-order valence-electron chi connectivity index (χ4n) is 5.60. The molecule has 178 valence electrons. The Morgan fingerprint density at radius 1 is 0.395 bits per heavy atom. The van der Waals surface area contributed by atoms with E-state index < -0.39 is 0 Å². The number of benzene rings is 4. The van der Waals surface area contributed by atoms with Gasteiger partial charge < -0.3 is 0 Å². The number of pyridine rings is 1. The van der Waals surface area contributed by atoms with Gasteiger partial charge in [0.1, 0.15) is 0 Å². The third kappa shape index (κ3) is 3.02. The SMILES string of the molecule is c1ccc(-c2cc3c4ccccc4n(-c4cnc(-n5c6ccccc6c6ccccc65)cn4)c3cn2)cc1. The summed E-state index contributed by atoms with van der Waals surface area (Å²) in [5, 5.41) is 4.71. The maximum atomic E-state index is 4.92. The lowest BCUT2D eigenvalue weighted by Gasteiger charge is -2.10. The monoisotopic (exact) mass is 487 g/mol. The fraction of sp³-hybridized carbons (Fsp3) is 0. The average molecular weight is 488 g/mol. The van der Waals surface area contributed by atoms with Gasteiger partial charge in [-0.05, 0) is 24.3 Å². The number of para-hydroxylation sites is 3. The second kappa shape index (κ2) is 8.11. The molecular weight excluding hydrogens is 466 g/mol. The molecule has 4 aromatic carbocycles. The third-order valence-electron chi connectivity index (χ3n) is 7.29. The van der Waals surface area contributed by atoms with Gasteiger partial charge >= 0.3 is 0 Å². The first-order valence-electron chi connectivity index (χ1n) is 12.6. The van der Waals surface area contributed by atoms with Crippen molar-refractivity contribution in [1.82, 2.24) is 24.1 Å². The maximum absolute atomic E-state index is 4.92. The van der Waals surface area contributed by atoms with E-state index in [1.54, 1.807) is 0 Å². The van der Waals surface area contributed by atoms with E-state index in [9.17, 15) is 0 Å². The zero-order chi connectivity index (χ0) is 25.1. The molecule has 0 saturated heterocycles. The van der Waals surface area contributed by atoms with Crippen LogP contribution in [0.2, 0.25) is 0 Å². The van der Waals surface area contributed by atoms with Crippen LogP contribution in [0.25, 0.3) is 66.5 Å². The van der Waals surface area contributed by atoms with Crippen molar-refractivity contribution >= 4 is 43.6 Å². The van der Waals surface area contributed by atoms with E-state index in [-0.39, 0.29) is 0 Å². The summed E-state index contributed by atoms with van der Waals surface area (Å²) in [5.74, 6) is 1.55. The number of nitrogens with zero attached hydrogens (tertiary/aromatic N) is 5. The summed E-state index contributed by atoms with van der Waals surface area (Å²) in [5.41, 5.74) is 6.36. The van der Waals surface area contributed by atoms with Gasteiger partial charge in [0.2, 0.25) is 0 Å². The molecule has 4 aromatic heterocycles. The van der Waals surface area contributed by atoms with Gasteiger partial charge in [-0.1, -0.05) is 84.9 Å². The molecule has 8 aromatic rings. The molecule has 0 amide bonds. The lowest BCUT2D eigenvalue weighted by molar-refractivity contribution is 0.987. The van der Waals surface area contributed by atoms with Crippen LogP contribution >= 0.6 is 0 Å². The molecule has 8 rings (SSSR count). The third-order valence-corrected chi connectivity index (χ3v) is 7.29. The Kier molecular flexibility index (Phi) is 4.45. The molecule has 0 fully saturated rings. The molecule has 38 heavy (non-hydrogen) atoms. The minimum Gasteiger partial charge on any atom is -0.293 e. The van der Waals surface area contributed by atoms with Gasteiger partial charge in [-0.15, -0.1) is 0 Å². The standard InChI is InChI=1S/C33H21N5/c1-2-10-22(11-3-1)27-18-26-25-14-6-9-17-30(25)38(31(26)19-34-27)33-21-35-32(20-36-33)37-28-15-7-4-12-23(28)24-13-5-8-16-29(24)37/h1-21H. The first-order chi connectivity index (χ1) is 18.9. The van der Waals surface area contributed by atoms with E-state index in [4.69, 9.17) is 15.0 Å². The van der Waals surface area contributed by atoms with E-state index in [2.05, 4.69) is 100 Å². The van der Waals surface area contributed by atoms with Crippen molar-refractivity contribution < 1.29 is 0 Å². The van der Waals surface area contributed by atoms with Crippen LogP contribution in [0, 0.1) is 0 Å². The molecule has 0 unspecified atom stereocenters. The maximum Gasteiger partial charge on any atom is 0.156 e. The first kappa shape index (κ1) is 20.9. The molecule has 0 aliphatic rings. The smallest absolute Gasteiger partial charge is 0.156 e. The Bertz CT molecular complexity index is 2070. The number of rotatable bonds is 3. The predicted octanol–water partition coefficient (Wildman–Crippen LogP) is 7.73. The van der Waals surface area contributed by atoms with Crippen molar-refractivity contribution in [1.29, 1.82) is 0 Å². The lowest BCUT2D eigenvalue weighted by atomic mass is 10.1. The van der Waals surface area contributed by atoms with Crippen LogP contribution < -0.4 is 0 Å². The molecule has 0 aliphatic heterocycles. The van der Waals surface area contributed by atoms with Gasteiger partial charge in [-0.25, -0.2) is 9.97 Å². The molecular formula is C33H21N5. The van der Waals surface area contributed by atoms with Gasteiger partial charge in [-0.2, -0.15) is 0 Å². The Labute approximate surface area is 218 Å². The van der Waals surface area contributed by atoms with Gasteiger partial charge in [0.15, 0.2) is 11.6 Å². The number of hydrogen-bond donors (Lipinski definition) is 0. The zero-order valence-corrected chi connectivity index (χ0v) is 20.4. The van der Waals surface area contributed by atoms with Crippen molar-refractivity contribution in [3.8, 4) is 22.9 Å². The molecule has 0 aliphatic carbocycles. The first-order valence-corrected chi connectivity index (χ1v) is 12.6. The van der Waals surface area contributed by atoms with Crippen molar-refractivity contribution in [2.45, 2.75) is 0 Å². The molecule has 0 radical (unpaired) electrons. The summed E-state index contributed by atoms with van der Waals surface area (Å²) in [6, 6.07) is 37.7. The molecule has 0 bridgehead atoms. The summed E-state index contributed by atoms with van der Waals surface area (Å²) in [7, 11) is 0. The van der Waals surface area contributed by atoms with Gasteiger partial charge in [-0.3, -0.25) is 14.1 Å². The highest BCUT2D eigenvalue weighted by molar-refractivity contribution is 6.10. The number of aromatic nitrogens is 5. The van der Waals surface area contributed by atoms with Crippen LogP contribution in [-0.2, 0) is 0 Å². The molecule has 5 heteroatoms. The summed E-state index contributed by atoms with van der Waals surface area (Å²) >= 11 is 0. The van der Waals surface area contributed by atoms with Crippen molar-refractivity contribution in [2.24, 2.45) is 0 Å². The summed E-state index contributed by atoms with van der Waals surface area (Å²) in [4.78, 5) is 14.7. The predicted molar refractivity (Wildman–Crippen MR) is 154 cm³/mol. The highest BCUT2D eigenvalue weighted by Gasteiger charge is 2.16. The molecule has 0 spiro atoms. The highest BCUT2D eigenvalue weighted by Crippen LogP contribution is 2.34. The topological polar surface area (TPSA) is 48.5 Å². The van der Waals surface area contributed by atoms with Crippen LogP contribution in [0.4, 0.5) is 0 Å². The Hall–Kier alpha value is -5.29. The Balaban J connectivity index is 1.32. The van der Waals surface area contributed by atoms with E-state index in [1.165, 1.54) is 10.8 Å². The highest BCUT2D eigenvalue weighted by atomic mass is 15.1. The van der Waals surface area contributed by atoms with Crippen LogP contribution in [0.1, 0.15) is 0 Å². The Morgan fingerprint density at radius 2 is 0.868 bits per heavy atom. The van der Waals surface area contributed by atoms with E-state index in [0.717, 1.165) is 55.7 Å². The summed E-state index contributed by atoms with van der Waals surface area (Å²) < 4.78 is 4.33. The lowest BCUT2D eigenvalue weighted by Crippen LogP contribution is -2.03. The van der Waals surface area contributed by atoms with Crippen LogP contribution in [-0.4, -0.2) is 24.1 Å². The van der Waals surface area contributed by atoms with Crippen LogP contribution in [0.3, 0.4) is 0 Å². The largest absolute Gasteiger partial charge is 0.293 e. The number of hydrogen-bond acceptors (Lipinski definition) is 3. The van der Waals surface area contributed by atoms with E-state index in [1.807, 2.05) is 36.8 Å². The Morgan fingerprint density at radius 3 is 1.42 bits per heavy atom. The molecule has 0 atom stereocenters. The minimum absolute atomic E-state index is 0.759. The van der Waals surface area contributed by atoms with Gasteiger partial charge in [0, 0.05) is 27.1 Å². The zero-order valence-electron chi connectivity index (χ0n) is 20.4. The molecule has 0 N–H and O–H groups in total. The van der Waals surface area contributed by atoms with Crippen molar-refractivity contribution in [2.75, 3.05) is 0 Å². The quantitative estimate of drug-likeness (QED) is 0.256. The fourth-order valence-corrected chi connectivity index (χ4v) is 5.60. The van der Waals surface area contributed by atoms with Gasteiger partial charge in [0.05, 0.1) is 46.4 Å². The van der Waals surface area contributed by atoms with E-state index >= 15 is 0 Å². The van der Waals surface area contributed by atoms with Crippen molar-refractivity contribution in [3.05, 3.63) is 128 Å². The normalized spacial score (nSPS) is 11.7. The summed E-state index contributed by atoms with van der Waals surface area (Å²) in [6.45, 7) is 0. The summed E-state index contributed by atoms with van der Waals surface area (Å²) in [6.07, 6.45) is 5.66. The molecule has 4 heterocycles.